The molecule has 2 amide bonds. The van der Waals surface area contributed by atoms with Crippen LogP contribution < -0.4 is 21.1 Å². The number of rotatable bonds is 6. The molecule has 3 heterocycles. The van der Waals surface area contributed by atoms with Gasteiger partial charge in [0.05, 0.1) is 11.9 Å². The van der Waals surface area contributed by atoms with Crippen molar-refractivity contribution in [1.82, 2.24) is 10.3 Å². The first kappa shape index (κ1) is 18.4. The fourth-order valence-electron chi connectivity index (χ4n) is 4.16. The molecule has 2 fully saturated rings. The van der Waals surface area contributed by atoms with Crippen LogP contribution in [0.4, 0.5) is 5.69 Å². The minimum Gasteiger partial charge on any atom is -0.439 e. The summed E-state index contributed by atoms with van der Waals surface area (Å²) in [6.07, 6.45) is 6.75. The Morgan fingerprint density at radius 2 is 1.96 bits per heavy atom. The quantitative estimate of drug-likeness (QED) is 0.714. The summed E-state index contributed by atoms with van der Waals surface area (Å²) in [6, 6.07) is 11.2. The van der Waals surface area contributed by atoms with Gasteiger partial charge >= 0.3 is 0 Å². The summed E-state index contributed by atoms with van der Waals surface area (Å²) in [5.41, 5.74) is 6.28. The molecule has 28 heavy (non-hydrogen) atoms. The number of nitrogens with two attached hydrogens (primary N) is 1. The zero-order valence-electron chi connectivity index (χ0n) is 15.6. The molecule has 2 unspecified atom stereocenters. The van der Waals surface area contributed by atoms with Crippen LogP contribution in [0.5, 0.6) is 11.6 Å². The number of aromatic nitrogens is 1. The maximum Gasteiger partial charge on any atom is 0.248 e. The van der Waals surface area contributed by atoms with Crippen LogP contribution in [0.15, 0.2) is 42.6 Å². The number of piperidine rings is 1. The largest absolute Gasteiger partial charge is 0.439 e. The normalized spacial score (nSPS) is 23.2. The zero-order chi connectivity index (χ0) is 19.5. The van der Waals surface area contributed by atoms with Crippen molar-refractivity contribution in [2.75, 3.05) is 5.32 Å². The number of hydrogen-bond donors (Lipinski definition) is 3. The van der Waals surface area contributed by atoms with Gasteiger partial charge < -0.3 is 21.1 Å². The topological polar surface area (TPSA) is 106 Å². The Morgan fingerprint density at radius 1 is 1.18 bits per heavy atom. The van der Waals surface area contributed by atoms with Gasteiger partial charge in [-0.15, -0.1) is 0 Å². The van der Waals surface area contributed by atoms with Gasteiger partial charge in [0.2, 0.25) is 17.7 Å². The van der Waals surface area contributed by atoms with Crippen molar-refractivity contribution in [2.24, 2.45) is 11.7 Å². The number of amides is 2. The van der Waals surface area contributed by atoms with Crippen LogP contribution in [-0.4, -0.2) is 28.9 Å². The molecule has 2 aliphatic rings. The van der Waals surface area contributed by atoms with E-state index in [0.717, 1.165) is 12.8 Å². The van der Waals surface area contributed by atoms with Crippen molar-refractivity contribution < 1.29 is 14.3 Å². The van der Waals surface area contributed by atoms with E-state index in [1.165, 1.54) is 12.8 Å². The third-order valence-corrected chi connectivity index (χ3v) is 5.41. The summed E-state index contributed by atoms with van der Waals surface area (Å²) in [6.45, 7) is 0. The van der Waals surface area contributed by atoms with Crippen LogP contribution in [0.3, 0.4) is 0 Å². The predicted octanol–water partition coefficient (Wildman–Crippen LogP) is 2.83. The van der Waals surface area contributed by atoms with Gasteiger partial charge in [-0.05, 0) is 55.9 Å². The summed E-state index contributed by atoms with van der Waals surface area (Å²) in [4.78, 5) is 27.8. The van der Waals surface area contributed by atoms with E-state index in [4.69, 9.17) is 10.5 Å². The molecule has 4 rings (SSSR count). The van der Waals surface area contributed by atoms with Crippen molar-refractivity contribution in [3.8, 4) is 11.6 Å². The van der Waals surface area contributed by atoms with Crippen LogP contribution in [0.25, 0.3) is 0 Å². The molecule has 2 atom stereocenters. The van der Waals surface area contributed by atoms with Crippen molar-refractivity contribution >= 4 is 17.5 Å². The zero-order valence-corrected chi connectivity index (χ0v) is 15.6. The minimum atomic E-state index is -0.516. The summed E-state index contributed by atoms with van der Waals surface area (Å²) in [5.74, 6) is 0.802. The summed E-state index contributed by atoms with van der Waals surface area (Å²) in [7, 11) is 0. The van der Waals surface area contributed by atoms with Crippen LogP contribution in [0.2, 0.25) is 0 Å². The van der Waals surface area contributed by atoms with Gasteiger partial charge in [-0.2, -0.15) is 0 Å². The van der Waals surface area contributed by atoms with Gasteiger partial charge in [0.15, 0.2) is 0 Å². The Bertz CT molecular complexity index is 856. The Morgan fingerprint density at radius 3 is 2.64 bits per heavy atom. The lowest BCUT2D eigenvalue weighted by Crippen LogP contribution is -2.39. The number of nitrogens with zero attached hydrogens (tertiary/aromatic N) is 1. The standard InChI is InChI=1S/C21H24N4O3/c22-21(27)14-2-1-3-18(11-14)28-20-7-6-17(12-23-20)25-19(26)10-13-8-15-4-5-16(9-13)24-15/h1-3,6-7,11-13,15-16,24H,4-5,8-10H2,(H2,22,27)(H,25,26). The maximum absolute atomic E-state index is 12.4. The van der Waals surface area contributed by atoms with Gasteiger partial charge in [0, 0.05) is 30.1 Å². The Balaban J connectivity index is 1.31. The number of benzene rings is 1. The van der Waals surface area contributed by atoms with E-state index in [0.29, 0.717) is 47.3 Å². The third-order valence-electron chi connectivity index (χ3n) is 5.41. The SMILES string of the molecule is NC(=O)c1cccc(Oc2ccc(NC(=O)CC3CC4CCC(C3)N4)cn2)c1. The highest BCUT2D eigenvalue weighted by Crippen LogP contribution is 2.32. The van der Waals surface area contributed by atoms with E-state index in [1.54, 1.807) is 42.6 Å². The lowest BCUT2D eigenvalue weighted by Gasteiger charge is -2.28. The fraction of sp³-hybridized carbons (Fsp3) is 0.381. The number of hydrogen-bond acceptors (Lipinski definition) is 5. The second-order valence-corrected chi connectivity index (χ2v) is 7.61. The van der Waals surface area contributed by atoms with E-state index in [2.05, 4.69) is 15.6 Å². The number of carbonyl (C=O) groups excluding carboxylic acids is 2. The average Bonchev–Trinajstić information content (AvgIpc) is 3.02. The highest BCUT2D eigenvalue weighted by Gasteiger charge is 2.34. The molecule has 0 aliphatic carbocycles. The predicted molar refractivity (Wildman–Crippen MR) is 105 cm³/mol. The molecule has 0 spiro atoms. The van der Waals surface area contributed by atoms with E-state index >= 15 is 0 Å². The summed E-state index contributed by atoms with van der Waals surface area (Å²) in [5, 5.41) is 6.51. The number of anilines is 1. The lowest BCUT2D eigenvalue weighted by molar-refractivity contribution is -0.117. The third kappa shape index (κ3) is 4.48. The van der Waals surface area contributed by atoms with Gasteiger partial charge in [0.25, 0.3) is 0 Å². The van der Waals surface area contributed by atoms with E-state index in [9.17, 15) is 9.59 Å². The monoisotopic (exact) mass is 380 g/mol. The molecule has 7 heteroatoms. The molecule has 7 nitrogen and oxygen atoms in total. The van der Waals surface area contributed by atoms with E-state index < -0.39 is 5.91 Å². The average molecular weight is 380 g/mol. The molecular formula is C21H24N4O3. The number of ether oxygens (including phenoxy) is 1. The lowest BCUT2D eigenvalue weighted by atomic mass is 9.89. The molecule has 2 bridgehead atoms. The number of nitrogens with one attached hydrogen (secondary N) is 2. The molecular weight excluding hydrogens is 356 g/mol. The molecule has 4 N–H and O–H groups in total. The van der Waals surface area contributed by atoms with Crippen molar-refractivity contribution in [3.63, 3.8) is 0 Å². The van der Waals surface area contributed by atoms with Crippen molar-refractivity contribution in [3.05, 3.63) is 48.2 Å². The number of carbonyl (C=O) groups is 2. The molecule has 0 saturated carbocycles. The second kappa shape index (κ2) is 7.98. The Hall–Kier alpha value is -2.93. The first-order chi connectivity index (χ1) is 13.5. The van der Waals surface area contributed by atoms with Crippen LogP contribution in [0, 0.1) is 5.92 Å². The molecule has 0 radical (unpaired) electrons. The smallest absolute Gasteiger partial charge is 0.248 e. The first-order valence-electron chi connectivity index (χ1n) is 9.65. The minimum absolute atomic E-state index is 0.0240. The van der Waals surface area contributed by atoms with Crippen molar-refractivity contribution in [1.29, 1.82) is 0 Å². The number of primary amides is 1. The Labute approximate surface area is 163 Å². The maximum atomic E-state index is 12.4. The van der Waals surface area contributed by atoms with Gasteiger partial charge in [-0.3, -0.25) is 9.59 Å². The van der Waals surface area contributed by atoms with Gasteiger partial charge in [-0.1, -0.05) is 6.07 Å². The van der Waals surface area contributed by atoms with Crippen LogP contribution in [0.1, 0.15) is 42.5 Å². The molecule has 1 aromatic heterocycles. The first-order valence-corrected chi connectivity index (χ1v) is 9.65. The fourth-order valence-corrected chi connectivity index (χ4v) is 4.16. The number of fused-ring (bicyclic) bond motifs is 2. The molecule has 146 valence electrons. The summed E-state index contributed by atoms with van der Waals surface area (Å²) >= 11 is 0. The van der Waals surface area contributed by atoms with Crippen LogP contribution in [-0.2, 0) is 4.79 Å². The Kier molecular flexibility index (Phi) is 5.25. The van der Waals surface area contributed by atoms with Crippen molar-refractivity contribution in [2.45, 2.75) is 44.2 Å². The summed E-state index contributed by atoms with van der Waals surface area (Å²) < 4.78 is 5.64. The molecule has 2 aliphatic heterocycles. The van der Waals surface area contributed by atoms with E-state index in [1.807, 2.05) is 0 Å². The highest BCUT2D eigenvalue weighted by molar-refractivity contribution is 5.93. The van der Waals surface area contributed by atoms with Crippen LogP contribution >= 0.6 is 0 Å². The second-order valence-electron chi connectivity index (χ2n) is 7.61. The van der Waals surface area contributed by atoms with Gasteiger partial charge in [-0.25, -0.2) is 4.98 Å². The highest BCUT2D eigenvalue weighted by atomic mass is 16.5. The molecule has 2 saturated heterocycles. The van der Waals surface area contributed by atoms with Gasteiger partial charge in [0.1, 0.15) is 5.75 Å². The molecule has 1 aromatic carbocycles. The number of pyridine rings is 1. The molecule has 2 aromatic rings. The van der Waals surface area contributed by atoms with E-state index in [-0.39, 0.29) is 5.91 Å².